The molecule has 0 amide bonds. The van der Waals surface area contributed by atoms with Crippen molar-refractivity contribution in [2.45, 2.75) is 45.3 Å². The summed E-state index contributed by atoms with van der Waals surface area (Å²) in [5.41, 5.74) is -0.0137. The molecule has 1 aliphatic rings. The number of hydrogen-bond acceptors (Lipinski definition) is 9. The van der Waals surface area contributed by atoms with Gasteiger partial charge in [0.2, 0.25) is 5.78 Å². The van der Waals surface area contributed by atoms with Crippen molar-refractivity contribution in [3.8, 4) is 0 Å². The molecule has 0 bridgehead atoms. The van der Waals surface area contributed by atoms with E-state index in [4.69, 9.17) is 9.32 Å². The maximum atomic E-state index is 13.0. The van der Waals surface area contributed by atoms with E-state index >= 15 is 0 Å². The SMILES string of the molecule is C[C@H]1C[C@H](Nc2ncncc2C(=O)c2cc(C(C)(C)O)cs2)C[C@@H]1COS(N)(=O)=O. The summed E-state index contributed by atoms with van der Waals surface area (Å²) in [5, 5.41) is 20.1. The standard InChI is InChI=1S/C19H26N4O5S2/c1-11-4-14(5-12(11)8-28-30(20,26)27)23-18-15(7-21-10-22-18)17(24)16-6-13(9-29-16)19(2,3)25/h6-7,9-12,14,25H,4-5,8H2,1-3H3,(H2,20,26,27)(H,21,22,23)/t11-,12+,14-/m0/s1. The van der Waals surface area contributed by atoms with E-state index in [2.05, 4.69) is 15.3 Å². The molecule has 3 atom stereocenters. The smallest absolute Gasteiger partial charge is 0.333 e. The van der Waals surface area contributed by atoms with E-state index in [0.717, 1.165) is 6.42 Å². The van der Waals surface area contributed by atoms with Gasteiger partial charge in [-0.15, -0.1) is 11.3 Å². The van der Waals surface area contributed by atoms with Crippen LogP contribution in [0.15, 0.2) is 24.0 Å². The summed E-state index contributed by atoms with van der Waals surface area (Å²) in [6, 6.07) is 1.69. The molecule has 0 unspecified atom stereocenters. The minimum atomic E-state index is -3.97. The van der Waals surface area contributed by atoms with Crippen LogP contribution in [-0.4, -0.2) is 41.9 Å². The number of ketones is 1. The molecule has 3 rings (SSSR count). The maximum Gasteiger partial charge on any atom is 0.333 e. The number of nitrogens with zero attached hydrogens (tertiary/aromatic N) is 2. The highest BCUT2D eigenvalue weighted by molar-refractivity contribution is 7.84. The number of hydrogen-bond donors (Lipinski definition) is 3. The summed E-state index contributed by atoms with van der Waals surface area (Å²) in [5.74, 6) is 0.447. The van der Waals surface area contributed by atoms with Gasteiger partial charge < -0.3 is 10.4 Å². The molecule has 0 spiro atoms. The predicted molar refractivity (Wildman–Crippen MR) is 113 cm³/mol. The zero-order valence-electron chi connectivity index (χ0n) is 17.0. The summed E-state index contributed by atoms with van der Waals surface area (Å²) >= 11 is 1.26. The molecular weight excluding hydrogens is 428 g/mol. The van der Waals surface area contributed by atoms with Crippen molar-refractivity contribution in [2.75, 3.05) is 11.9 Å². The highest BCUT2D eigenvalue weighted by Gasteiger charge is 2.33. The van der Waals surface area contributed by atoms with Gasteiger partial charge in [0.25, 0.3) is 0 Å². The lowest BCUT2D eigenvalue weighted by molar-refractivity contribution is 0.0790. The van der Waals surface area contributed by atoms with Crippen molar-refractivity contribution >= 4 is 33.2 Å². The largest absolute Gasteiger partial charge is 0.386 e. The minimum Gasteiger partial charge on any atom is -0.386 e. The van der Waals surface area contributed by atoms with Crippen LogP contribution < -0.4 is 10.5 Å². The second-order valence-electron chi connectivity index (χ2n) is 8.20. The fourth-order valence-corrected chi connectivity index (χ4v) is 4.97. The quantitative estimate of drug-likeness (QED) is 0.514. The van der Waals surface area contributed by atoms with Crippen molar-refractivity contribution < 1.29 is 22.5 Å². The van der Waals surface area contributed by atoms with Gasteiger partial charge in [-0.1, -0.05) is 6.92 Å². The van der Waals surface area contributed by atoms with Gasteiger partial charge in [-0.3, -0.25) is 8.98 Å². The predicted octanol–water partition coefficient (Wildman–Crippen LogP) is 2.04. The van der Waals surface area contributed by atoms with Crippen molar-refractivity contribution in [1.29, 1.82) is 0 Å². The van der Waals surface area contributed by atoms with Gasteiger partial charge in [-0.05, 0) is 55.5 Å². The van der Waals surface area contributed by atoms with Gasteiger partial charge in [0.05, 0.1) is 22.6 Å². The molecule has 4 N–H and O–H groups in total. The van der Waals surface area contributed by atoms with E-state index in [9.17, 15) is 18.3 Å². The monoisotopic (exact) mass is 454 g/mol. The number of thiophene rings is 1. The topological polar surface area (TPSA) is 144 Å². The van der Waals surface area contributed by atoms with E-state index in [1.54, 1.807) is 25.3 Å². The molecule has 0 aromatic carbocycles. The third-order valence-electron chi connectivity index (χ3n) is 5.32. The van der Waals surface area contributed by atoms with Gasteiger partial charge in [0.15, 0.2) is 0 Å². The molecular formula is C19H26N4O5S2. The summed E-state index contributed by atoms with van der Waals surface area (Å²) in [6.07, 6.45) is 4.28. The first-order valence-electron chi connectivity index (χ1n) is 9.54. The number of carbonyl (C=O) groups is 1. The van der Waals surface area contributed by atoms with E-state index in [-0.39, 0.29) is 30.3 Å². The normalized spacial score (nSPS) is 22.2. The van der Waals surface area contributed by atoms with Crippen LogP contribution in [0.1, 0.15) is 54.4 Å². The molecule has 164 valence electrons. The van der Waals surface area contributed by atoms with Crippen LogP contribution in [0.5, 0.6) is 0 Å². The Morgan fingerprint density at radius 1 is 1.43 bits per heavy atom. The molecule has 2 heterocycles. The van der Waals surface area contributed by atoms with E-state index in [0.29, 0.717) is 28.2 Å². The van der Waals surface area contributed by atoms with Crippen LogP contribution in [-0.2, 0) is 20.1 Å². The maximum absolute atomic E-state index is 13.0. The Kier molecular flexibility index (Phi) is 6.58. The number of rotatable bonds is 8. The lowest BCUT2D eigenvalue weighted by Crippen LogP contribution is -2.22. The lowest BCUT2D eigenvalue weighted by Gasteiger charge is -2.16. The third-order valence-corrected chi connectivity index (χ3v) is 6.72. The van der Waals surface area contributed by atoms with Gasteiger partial charge >= 0.3 is 10.3 Å². The van der Waals surface area contributed by atoms with Gasteiger partial charge in [-0.2, -0.15) is 8.42 Å². The molecule has 11 heteroatoms. The molecule has 2 aromatic rings. The Morgan fingerprint density at radius 3 is 2.80 bits per heavy atom. The summed E-state index contributed by atoms with van der Waals surface area (Å²) in [6.45, 7) is 5.38. The lowest BCUT2D eigenvalue weighted by atomic mass is 10.00. The number of anilines is 1. The molecule has 2 aromatic heterocycles. The average Bonchev–Trinajstić information content (AvgIpc) is 3.26. The second kappa shape index (κ2) is 8.67. The Hall–Kier alpha value is -1.92. The van der Waals surface area contributed by atoms with Crippen LogP contribution in [0.4, 0.5) is 5.82 Å². The Morgan fingerprint density at radius 2 is 2.17 bits per heavy atom. The number of nitrogens with two attached hydrogens (primary N) is 1. The highest BCUT2D eigenvalue weighted by Crippen LogP contribution is 2.34. The molecule has 0 saturated heterocycles. The Balaban J connectivity index is 1.73. The van der Waals surface area contributed by atoms with Crippen LogP contribution in [0.25, 0.3) is 0 Å². The van der Waals surface area contributed by atoms with Crippen LogP contribution >= 0.6 is 11.3 Å². The number of aromatic nitrogens is 2. The second-order valence-corrected chi connectivity index (χ2v) is 10.3. The van der Waals surface area contributed by atoms with Gasteiger partial charge in [-0.25, -0.2) is 15.1 Å². The summed E-state index contributed by atoms with van der Waals surface area (Å²) in [7, 11) is -3.97. The van der Waals surface area contributed by atoms with Crippen molar-refractivity contribution in [3.05, 3.63) is 40.0 Å². The molecule has 0 aliphatic heterocycles. The fraction of sp³-hybridized carbons (Fsp3) is 0.526. The number of carbonyl (C=O) groups excluding carboxylic acids is 1. The zero-order chi connectivity index (χ0) is 22.1. The van der Waals surface area contributed by atoms with Crippen molar-refractivity contribution in [1.82, 2.24) is 9.97 Å². The van der Waals surface area contributed by atoms with E-state index in [1.807, 2.05) is 6.92 Å². The van der Waals surface area contributed by atoms with Crippen LogP contribution in [0.3, 0.4) is 0 Å². The Labute approximate surface area is 180 Å². The van der Waals surface area contributed by atoms with Crippen LogP contribution in [0.2, 0.25) is 0 Å². The molecule has 0 radical (unpaired) electrons. The van der Waals surface area contributed by atoms with Crippen molar-refractivity contribution in [2.24, 2.45) is 17.0 Å². The minimum absolute atomic E-state index is 0.00537. The summed E-state index contributed by atoms with van der Waals surface area (Å²) < 4.78 is 26.9. The molecule has 9 nitrogen and oxygen atoms in total. The van der Waals surface area contributed by atoms with E-state index in [1.165, 1.54) is 23.9 Å². The zero-order valence-corrected chi connectivity index (χ0v) is 18.7. The molecule has 1 aliphatic carbocycles. The highest BCUT2D eigenvalue weighted by atomic mass is 32.2. The molecule has 1 fully saturated rings. The number of aliphatic hydroxyl groups is 1. The first kappa shape index (κ1) is 22.8. The van der Waals surface area contributed by atoms with Crippen molar-refractivity contribution in [3.63, 3.8) is 0 Å². The average molecular weight is 455 g/mol. The molecule has 30 heavy (non-hydrogen) atoms. The number of nitrogens with one attached hydrogen (secondary N) is 1. The first-order valence-corrected chi connectivity index (χ1v) is 11.9. The van der Waals surface area contributed by atoms with Crippen LogP contribution in [0, 0.1) is 11.8 Å². The van der Waals surface area contributed by atoms with E-state index < -0.39 is 15.9 Å². The fourth-order valence-electron chi connectivity index (χ4n) is 3.58. The Bertz CT molecular complexity index is 1020. The van der Waals surface area contributed by atoms with Gasteiger partial charge in [0, 0.05) is 12.2 Å². The first-order chi connectivity index (χ1) is 13.9. The van der Waals surface area contributed by atoms with Gasteiger partial charge in [0.1, 0.15) is 12.1 Å². The molecule has 1 saturated carbocycles. The summed E-state index contributed by atoms with van der Waals surface area (Å²) in [4.78, 5) is 21.8. The third kappa shape index (κ3) is 5.61.